The van der Waals surface area contributed by atoms with E-state index in [-0.39, 0.29) is 0 Å². The monoisotopic (exact) mass is 410 g/mol. The van der Waals surface area contributed by atoms with E-state index in [4.69, 9.17) is 23.7 Å². The lowest BCUT2D eigenvalue weighted by Crippen LogP contribution is -2.30. The third-order valence-corrected chi connectivity index (χ3v) is 5.10. The summed E-state index contributed by atoms with van der Waals surface area (Å²) in [6.45, 7) is 0. The second kappa shape index (κ2) is 8.97. The van der Waals surface area contributed by atoms with Gasteiger partial charge in [0.05, 0.1) is 35.5 Å². The van der Waals surface area contributed by atoms with Crippen LogP contribution in [0.2, 0.25) is 0 Å². The second-order valence-electron chi connectivity index (χ2n) is 6.57. The fourth-order valence-electron chi connectivity index (χ4n) is 3.48. The topological polar surface area (TPSA) is 66.4 Å². The molecule has 3 aromatic carbocycles. The lowest BCUT2D eigenvalue weighted by atomic mass is 9.79. The summed E-state index contributed by atoms with van der Waals surface area (Å²) < 4.78 is 27.1. The van der Waals surface area contributed by atoms with Crippen LogP contribution in [0.4, 0.5) is 0 Å². The number of aliphatic hydroxyl groups is 1. The van der Waals surface area contributed by atoms with Crippen molar-refractivity contribution < 1.29 is 28.8 Å². The van der Waals surface area contributed by atoms with Gasteiger partial charge in [-0.3, -0.25) is 0 Å². The maximum absolute atomic E-state index is 12.3. The molecule has 0 radical (unpaired) electrons. The van der Waals surface area contributed by atoms with Crippen LogP contribution < -0.4 is 23.7 Å². The first-order chi connectivity index (χ1) is 14.5. The molecular weight excluding hydrogens is 384 g/mol. The summed E-state index contributed by atoms with van der Waals surface area (Å²) in [5.41, 5.74) is 0.121. The Hall–Kier alpha value is -3.38. The summed E-state index contributed by atoms with van der Waals surface area (Å²) in [6.07, 6.45) is 0. The summed E-state index contributed by atoms with van der Waals surface area (Å²) in [6, 6.07) is 17.8. The van der Waals surface area contributed by atoms with Crippen LogP contribution in [0.3, 0.4) is 0 Å². The van der Waals surface area contributed by atoms with Crippen LogP contribution in [0, 0.1) is 0 Å². The molecule has 0 aromatic heterocycles. The van der Waals surface area contributed by atoms with Gasteiger partial charge in [-0.15, -0.1) is 0 Å². The summed E-state index contributed by atoms with van der Waals surface area (Å²) >= 11 is 0. The van der Waals surface area contributed by atoms with Gasteiger partial charge in [-0.25, -0.2) is 0 Å². The van der Waals surface area contributed by atoms with E-state index in [1.165, 1.54) is 0 Å². The van der Waals surface area contributed by atoms with Crippen molar-refractivity contribution in [2.75, 3.05) is 35.5 Å². The Labute approximate surface area is 176 Å². The standard InChI is InChI=1S/C24H26O6/c1-26-17-8-6-16(7-9-17)24(25,20-12-10-18(27-2)14-22(20)29-4)21-13-11-19(28-3)15-23(21)30-5/h6-15,25H,1-5H3. The maximum atomic E-state index is 12.3. The van der Waals surface area contributed by atoms with Crippen molar-refractivity contribution in [2.24, 2.45) is 0 Å². The molecule has 0 saturated heterocycles. The molecule has 30 heavy (non-hydrogen) atoms. The van der Waals surface area contributed by atoms with E-state index in [2.05, 4.69) is 0 Å². The van der Waals surface area contributed by atoms with Crippen LogP contribution in [0.25, 0.3) is 0 Å². The highest BCUT2D eigenvalue weighted by Crippen LogP contribution is 2.46. The lowest BCUT2D eigenvalue weighted by molar-refractivity contribution is 0.118. The Bertz CT molecular complexity index is 942. The van der Waals surface area contributed by atoms with Gasteiger partial charge in [0.1, 0.15) is 34.3 Å². The number of rotatable bonds is 8. The van der Waals surface area contributed by atoms with Gasteiger partial charge in [-0.2, -0.15) is 0 Å². The highest BCUT2D eigenvalue weighted by molar-refractivity contribution is 5.59. The molecule has 1 N–H and O–H groups in total. The normalized spacial score (nSPS) is 11.0. The fourth-order valence-corrected chi connectivity index (χ4v) is 3.48. The minimum atomic E-state index is -1.58. The van der Waals surface area contributed by atoms with Gasteiger partial charge in [0, 0.05) is 23.3 Å². The van der Waals surface area contributed by atoms with Gasteiger partial charge in [0.2, 0.25) is 0 Å². The van der Waals surface area contributed by atoms with E-state index in [1.807, 2.05) is 12.1 Å². The Balaban J connectivity index is 2.32. The molecule has 0 amide bonds. The molecule has 3 aromatic rings. The minimum Gasteiger partial charge on any atom is -0.497 e. The number of hydrogen-bond acceptors (Lipinski definition) is 6. The van der Waals surface area contributed by atoms with Crippen molar-refractivity contribution in [2.45, 2.75) is 5.60 Å². The van der Waals surface area contributed by atoms with Crippen LogP contribution in [0.5, 0.6) is 28.7 Å². The maximum Gasteiger partial charge on any atom is 0.147 e. The van der Waals surface area contributed by atoms with Crippen LogP contribution >= 0.6 is 0 Å². The quantitative estimate of drug-likeness (QED) is 0.566. The number of ether oxygens (including phenoxy) is 5. The van der Waals surface area contributed by atoms with Gasteiger partial charge in [0.25, 0.3) is 0 Å². The zero-order valence-corrected chi connectivity index (χ0v) is 17.8. The van der Waals surface area contributed by atoms with Gasteiger partial charge in [-0.1, -0.05) is 12.1 Å². The van der Waals surface area contributed by atoms with Crippen molar-refractivity contribution in [1.29, 1.82) is 0 Å². The van der Waals surface area contributed by atoms with Gasteiger partial charge >= 0.3 is 0 Å². The van der Waals surface area contributed by atoms with Crippen molar-refractivity contribution in [3.05, 3.63) is 77.4 Å². The van der Waals surface area contributed by atoms with E-state index in [1.54, 1.807) is 84.1 Å². The SMILES string of the molecule is COc1ccc(C(O)(c2ccc(OC)cc2OC)c2ccc(OC)cc2OC)cc1. The summed E-state index contributed by atoms with van der Waals surface area (Å²) in [4.78, 5) is 0. The zero-order chi connectivity index (χ0) is 21.7. The smallest absolute Gasteiger partial charge is 0.147 e. The molecule has 0 spiro atoms. The van der Waals surface area contributed by atoms with Crippen LogP contribution in [-0.4, -0.2) is 40.7 Å². The first-order valence-electron chi connectivity index (χ1n) is 9.33. The highest BCUT2D eigenvalue weighted by Gasteiger charge is 2.39. The molecule has 0 saturated carbocycles. The predicted octanol–water partition coefficient (Wildman–Crippen LogP) is 4.01. The average Bonchev–Trinajstić information content (AvgIpc) is 2.82. The van der Waals surface area contributed by atoms with E-state index in [0.717, 1.165) is 0 Å². The summed E-state index contributed by atoms with van der Waals surface area (Å²) in [5.74, 6) is 2.88. The molecule has 3 rings (SSSR count). The Kier molecular flexibility index (Phi) is 6.37. The fraction of sp³-hybridized carbons (Fsp3) is 0.250. The largest absolute Gasteiger partial charge is 0.497 e. The van der Waals surface area contributed by atoms with E-state index >= 15 is 0 Å². The first-order valence-corrected chi connectivity index (χ1v) is 9.33. The van der Waals surface area contributed by atoms with Crippen molar-refractivity contribution in [3.8, 4) is 28.7 Å². The molecule has 6 heteroatoms. The Morgan fingerprint density at radius 2 is 0.933 bits per heavy atom. The molecule has 0 unspecified atom stereocenters. The van der Waals surface area contributed by atoms with Gasteiger partial charge in [-0.05, 0) is 42.0 Å². The molecule has 158 valence electrons. The zero-order valence-electron chi connectivity index (χ0n) is 17.8. The summed E-state index contributed by atoms with van der Waals surface area (Å²) in [5, 5.41) is 12.3. The third-order valence-electron chi connectivity index (χ3n) is 5.10. The number of hydrogen-bond donors (Lipinski definition) is 1. The van der Waals surface area contributed by atoms with Crippen molar-refractivity contribution in [1.82, 2.24) is 0 Å². The predicted molar refractivity (Wildman–Crippen MR) is 114 cm³/mol. The molecule has 0 aliphatic rings. The average molecular weight is 410 g/mol. The molecule has 0 heterocycles. The molecular formula is C24H26O6. The Morgan fingerprint density at radius 3 is 1.30 bits per heavy atom. The molecule has 0 bridgehead atoms. The number of methoxy groups -OCH3 is 5. The highest BCUT2D eigenvalue weighted by atomic mass is 16.5. The Morgan fingerprint density at radius 1 is 0.533 bits per heavy atom. The van der Waals surface area contributed by atoms with Crippen molar-refractivity contribution in [3.63, 3.8) is 0 Å². The van der Waals surface area contributed by atoms with E-state index in [9.17, 15) is 5.11 Å². The van der Waals surface area contributed by atoms with E-state index < -0.39 is 5.60 Å². The third kappa shape index (κ3) is 3.74. The van der Waals surface area contributed by atoms with Crippen LogP contribution in [0.1, 0.15) is 16.7 Å². The molecule has 6 nitrogen and oxygen atoms in total. The number of benzene rings is 3. The molecule has 0 aliphatic heterocycles. The molecule has 0 fully saturated rings. The van der Waals surface area contributed by atoms with Crippen LogP contribution in [0.15, 0.2) is 60.7 Å². The van der Waals surface area contributed by atoms with E-state index in [0.29, 0.717) is 45.4 Å². The first kappa shape index (κ1) is 21.3. The molecule has 0 atom stereocenters. The lowest BCUT2D eigenvalue weighted by Gasteiger charge is -2.32. The van der Waals surface area contributed by atoms with Gasteiger partial charge in [0.15, 0.2) is 0 Å². The second-order valence-corrected chi connectivity index (χ2v) is 6.57. The molecule has 0 aliphatic carbocycles. The van der Waals surface area contributed by atoms with Gasteiger partial charge < -0.3 is 28.8 Å². The minimum absolute atomic E-state index is 0.477. The van der Waals surface area contributed by atoms with Crippen LogP contribution in [-0.2, 0) is 5.60 Å². The summed E-state index contributed by atoms with van der Waals surface area (Å²) in [7, 11) is 7.86. The van der Waals surface area contributed by atoms with Crippen molar-refractivity contribution >= 4 is 0 Å².